The lowest BCUT2D eigenvalue weighted by Gasteiger charge is -2.22. The van der Waals surface area contributed by atoms with E-state index in [0.29, 0.717) is 0 Å². The van der Waals surface area contributed by atoms with E-state index in [9.17, 15) is 9.59 Å². The highest BCUT2D eigenvalue weighted by Crippen LogP contribution is 2.21. The second-order valence-corrected chi connectivity index (χ2v) is 5.18. The second kappa shape index (κ2) is 6.89. The fraction of sp³-hybridized carbons (Fsp3) is 0.312. The molecule has 0 saturated carbocycles. The Bertz CT molecular complexity index is 652. The van der Waals surface area contributed by atoms with Crippen LogP contribution in [-0.2, 0) is 9.59 Å². The van der Waals surface area contributed by atoms with Gasteiger partial charge in [-0.25, -0.2) is 0 Å². The monoisotopic (exact) mass is 301 g/mol. The molecule has 2 aromatic rings. The number of nitrogens with zero attached hydrogens (tertiary/aromatic N) is 2. The molecule has 0 saturated heterocycles. The van der Waals surface area contributed by atoms with Gasteiger partial charge in [0.2, 0.25) is 5.91 Å². The van der Waals surface area contributed by atoms with Gasteiger partial charge in [0.15, 0.2) is 0 Å². The average Bonchev–Trinajstić information content (AvgIpc) is 3.00. The van der Waals surface area contributed by atoms with Gasteiger partial charge in [0.1, 0.15) is 6.04 Å². The van der Waals surface area contributed by atoms with E-state index in [1.54, 1.807) is 25.4 Å². The molecule has 0 bridgehead atoms. The van der Waals surface area contributed by atoms with Gasteiger partial charge in [-0.15, -0.1) is 0 Å². The average molecular weight is 301 g/mol. The Kier molecular flexibility index (Phi) is 4.93. The number of aliphatic carboxylic acids is 1. The second-order valence-electron chi connectivity index (χ2n) is 5.18. The summed E-state index contributed by atoms with van der Waals surface area (Å²) in [6.07, 6.45) is 3.13. The van der Waals surface area contributed by atoms with Crippen LogP contribution < -0.4 is 5.32 Å². The van der Waals surface area contributed by atoms with Crippen molar-refractivity contribution < 1.29 is 14.7 Å². The van der Waals surface area contributed by atoms with Crippen molar-refractivity contribution in [1.29, 1.82) is 0 Å². The molecule has 0 aliphatic rings. The highest BCUT2D eigenvalue weighted by molar-refractivity contribution is 5.81. The van der Waals surface area contributed by atoms with Gasteiger partial charge in [-0.3, -0.25) is 14.3 Å². The number of amides is 1. The van der Waals surface area contributed by atoms with Gasteiger partial charge in [-0.1, -0.05) is 24.3 Å². The fourth-order valence-corrected chi connectivity index (χ4v) is 2.31. The summed E-state index contributed by atoms with van der Waals surface area (Å²) in [7, 11) is 0. The molecular formula is C16H19N3O3. The van der Waals surface area contributed by atoms with Gasteiger partial charge < -0.3 is 10.4 Å². The van der Waals surface area contributed by atoms with Crippen LogP contribution in [0.25, 0.3) is 0 Å². The standard InChI is InChI=1S/C16H19N3O3/c1-11-6-3-4-7-13(11)14(10-15(20)21)18-16(22)12(2)19-9-5-8-17-19/h3-9,12,14H,10H2,1-2H3,(H,18,22)(H,20,21). The van der Waals surface area contributed by atoms with Crippen LogP contribution >= 0.6 is 0 Å². The molecule has 2 rings (SSSR count). The van der Waals surface area contributed by atoms with E-state index < -0.39 is 18.1 Å². The number of hydrogen-bond acceptors (Lipinski definition) is 3. The molecular weight excluding hydrogens is 282 g/mol. The first kappa shape index (κ1) is 15.8. The number of rotatable bonds is 6. The largest absolute Gasteiger partial charge is 0.481 e. The van der Waals surface area contributed by atoms with Gasteiger partial charge in [0.05, 0.1) is 12.5 Å². The molecule has 0 aliphatic carbocycles. The number of carboxylic acid groups (broad SMARTS) is 1. The minimum atomic E-state index is -0.958. The Morgan fingerprint density at radius 1 is 1.32 bits per heavy atom. The van der Waals surface area contributed by atoms with E-state index in [1.165, 1.54) is 4.68 Å². The van der Waals surface area contributed by atoms with Crippen LogP contribution in [-0.4, -0.2) is 26.8 Å². The molecule has 0 aliphatic heterocycles. The van der Waals surface area contributed by atoms with Crippen molar-refractivity contribution in [1.82, 2.24) is 15.1 Å². The summed E-state index contributed by atoms with van der Waals surface area (Å²) in [6.45, 7) is 3.62. The molecule has 22 heavy (non-hydrogen) atoms. The molecule has 0 radical (unpaired) electrons. The van der Waals surface area contributed by atoms with Gasteiger partial charge in [-0.05, 0) is 31.0 Å². The van der Waals surface area contributed by atoms with E-state index in [2.05, 4.69) is 10.4 Å². The third-order valence-corrected chi connectivity index (χ3v) is 3.56. The van der Waals surface area contributed by atoms with E-state index in [0.717, 1.165) is 11.1 Å². The summed E-state index contributed by atoms with van der Waals surface area (Å²) in [5.74, 6) is -1.22. The molecule has 1 aromatic heterocycles. The predicted octanol–water partition coefficient (Wildman–Crippen LogP) is 2.08. The topological polar surface area (TPSA) is 84.2 Å². The minimum Gasteiger partial charge on any atom is -0.481 e. The lowest BCUT2D eigenvalue weighted by atomic mass is 9.98. The van der Waals surface area contributed by atoms with Crippen LogP contribution in [0.4, 0.5) is 0 Å². The molecule has 6 nitrogen and oxygen atoms in total. The highest BCUT2D eigenvalue weighted by atomic mass is 16.4. The van der Waals surface area contributed by atoms with E-state index >= 15 is 0 Å². The molecule has 0 fully saturated rings. The van der Waals surface area contributed by atoms with Crippen LogP contribution in [0.3, 0.4) is 0 Å². The van der Waals surface area contributed by atoms with Crippen LogP contribution in [0, 0.1) is 6.92 Å². The van der Waals surface area contributed by atoms with Crippen LogP contribution in [0.1, 0.15) is 36.6 Å². The van der Waals surface area contributed by atoms with Crippen molar-refractivity contribution in [2.24, 2.45) is 0 Å². The SMILES string of the molecule is Cc1ccccc1C(CC(=O)O)NC(=O)C(C)n1cccn1. The maximum atomic E-state index is 12.4. The lowest BCUT2D eigenvalue weighted by Crippen LogP contribution is -2.35. The molecule has 1 amide bonds. The molecule has 0 spiro atoms. The first-order valence-electron chi connectivity index (χ1n) is 7.06. The normalized spacial score (nSPS) is 13.4. The predicted molar refractivity (Wildman–Crippen MR) is 81.3 cm³/mol. The van der Waals surface area contributed by atoms with E-state index in [4.69, 9.17) is 5.11 Å². The highest BCUT2D eigenvalue weighted by Gasteiger charge is 2.23. The van der Waals surface area contributed by atoms with Gasteiger partial charge in [0, 0.05) is 12.4 Å². The van der Waals surface area contributed by atoms with Gasteiger partial charge in [-0.2, -0.15) is 5.10 Å². The number of benzene rings is 1. The Labute approximate surface area is 128 Å². The van der Waals surface area contributed by atoms with Gasteiger partial charge in [0.25, 0.3) is 0 Å². The van der Waals surface area contributed by atoms with E-state index in [-0.39, 0.29) is 12.3 Å². The summed E-state index contributed by atoms with van der Waals surface area (Å²) in [5.41, 5.74) is 1.76. The third kappa shape index (κ3) is 3.72. The maximum absolute atomic E-state index is 12.4. The number of carboxylic acids is 1. The number of aromatic nitrogens is 2. The first-order valence-corrected chi connectivity index (χ1v) is 7.06. The number of carbonyl (C=O) groups is 2. The zero-order valence-corrected chi connectivity index (χ0v) is 12.6. The number of aryl methyl sites for hydroxylation is 1. The Hall–Kier alpha value is -2.63. The molecule has 6 heteroatoms. The summed E-state index contributed by atoms with van der Waals surface area (Å²) < 4.78 is 1.53. The zero-order chi connectivity index (χ0) is 16.1. The van der Waals surface area contributed by atoms with Crippen molar-refractivity contribution in [3.63, 3.8) is 0 Å². The van der Waals surface area contributed by atoms with E-state index in [1.807, 2.05) is 31.2 Å². The Morgan fingerprint density at radius 3 is 2.64 bits per heavy atom. The minimum absolute atomic E-state index is 0.164. The van der Waals surface area contributed by atoms with Crippen LogP contribution in [0.2, 0.25) is 0 Å². The Morgan fingerprint density at radius 2 is 2.05 bits per heavy atom. The zero-order valence-electron chi connectivity index (χ0n) is 12.6. The van der Waals surface area contributed by atoms with Crippen LogP contribution in [0.15, 0.2) is 42.7 Å². The molecule has 2 unspecified atom stereocenters. The van der Waals surface area contributed by atoms with Crippen molar-refractivity contribution in [2.75, 3.05) is 0 Å². The summed E-state index contributed by atoms with van der Waals surface area (Å²) >= 11 is 0. The van der Waals surface area contributed by atoms with Crippen molar-refractivity contribution >= 4 is 11.9 Å². The van der Waals surface area contributed by atoms with Crippen molar-refractivity contribution in [3.05, 3.63) is 53.9 Å². The maximum Gasteiger partial charge on any atom is 0.305 e. The molecule has 2 N–H and O–H groups in total. The van der Waals surface area contributed by atoms with Gasteiger partial charge >= 0.3 is 5.97 Å². The molecule has 116 valence electrons. The summed E-state index contributed by atoms with van der Waals surface area (Å²) in [6, 6.07) is 8.11. The number of nitrogens with one attached hydrogen (secondary N) is 1. The quantitative estimate of drug-likeness (QED) is 0.855. The lowest BCUT2D eigenvalue weighted by molar-refractivity contribution is -0.137. The van der Waals surface area contributed by atoms with Crippen molar-refractivity contribution in [3.8, 4) is 0 Å². The number of carbonyl (C=O) groups excluding carboxylic acids is 1. The Balaban J connectivity index is 2.18. The number of hydrogen-bond donors (Lipinski definition) is 2. The first-order chi connectivity index (χ1) is 10.5. The molecule has 1 aromatic carbocycles. The van der Waals surface area contributed by atoms with Crippen molar-refractivity contribution in [2.45, 2.75) is 32.4 Å². The third-order valence-electron chi connectivity index (χ3n) is 3.56. The summed E-state index contributed by atoms with van der Waals surface area (Å²) in [5, 5.41) is 16.0. The smallest absolute Gasteiger partial charge is 0.305 e. The van der Waals surface area contributed by atoms with Crippen LogP contribution in [0.5, 0.6) is 0 Å². The fourth-order valence-electron chi connectivity index (χ4n) is 2.31. The molecule has 1 heterocycles. The molecule has 2 atom stereocenters. The summed E-state index contributed by atoms with van der Waals surface area (Å²) in [4.78, 5) is 23.5.